The van der Waals surface area contributed by atoms with Gasteiger partial charge in [0, 0.05) is 38.6 Å². The van der Waals surface area contributed by atoms with Gasteiger partial charge in [-0.05, 0) is 30.5 Å². The van der Waals surface area contributed by atoms with Crippen LogP contribution in [0.3, 0.4) is 0 Å². The Kier molecular flexibility index (Phi) is 7.62. The van der Waals surface area contributed by atoms with Crippen LogP contribution >= 0.6 is 0 Å². The summed E-state index contributed by atoms with van der Waals surface area (Å²) in [5, 5.41) is 2.84. The summed E-state index contributed by atoms with van der Waals surface area (Å²) < 4.78 is 34.8. The molecule has 2 aliphatic heterocycles. The van der Waals surface area contributed by atoms with E-state index in [1.165, 1.54) is 0 Å². The first-order valence-corrected chi connectivity index (χ1v) is 9.92. The first-order chi connectivity index (χ1) is 14.0. The standard InChI is InChI=1S/C20H27F2N3O4/c21-18(22)14-29-17-3-1-2-15(12-17)13-23-20(27)25-6-4-16(5-7-25)19(26)24-8-10-28-11-9-24/h1-3,12,16,18H,4-11,13-14H2,(H,23,27). The van der Waals surface area contributed by atoms with E-state index in [2.05, 4.69) is 5.32 Å². The Labute approximate surface area is 168 Å². The first kappa shape index (κ1) is 21.3. The van der Waals surface area contributed by atoms with Crippen molar-refractivity contribution >= 4 is 11.9 Å². The number of likely N-dealkylation sites (tertiary alicyclic amines) is 1. The fourth-order valence-electron chi connectivity index (χ4n) is 3.57. The second-order valence-corrected chi connectivity index (χ2v) is 7.21. The third kappa shape index (κ3) is 6.28. The fraction of sp³-hybridized carbons (Fsp3) is 0.600. The maximum atomic E-state index is 12.6. The maximum absolute atomic E-state index is 12.6. The highest BCUT2D eigenvalue weighted by Gasteiger charge is 2.30. The Balaban J connectivity index is 1.42. The lowest BCUT2D eigenvalue weighted by Crippen LogP contribution is -2.49. The van der Waals surface area contributed by atoms with E-state index in [4.69, 9.17) is 9.47 Å². The van der Waals surface area contributed by atoms with Crippen LogP contribution in [-0.2, 0) is 16.1 Å². The number of rotatable bonds is 6. The lowest BCUT2D eigenvalue weighted by Gasteiger charge is -2.35. The summed E-state index contributed by atoms with van der Waals surface area (Å²) in [5.74, 6) is 0.467. The summed E-state index contributed by atoms with van der Waals surface area (Å²) in [4.78, 5) is 28.5. The Morgan fingerprint density at radius 3 is 2.55 bits per heavy atom. The minimum absolute atomic E-state index is 0.0409. The third-order valence-electron chi connectivity index (χ3n) is 5.17. The molecule has 2 saturated heterocycles. The van der Waals surface area contributed by atoms with E-state index in [0.717, 1.165) is 5.56 Å². The van der Waals surface area contributed by atoms with Crippen molar-refractivity contribution in [2.45, 2.75) is 25.8 Å². The number of urea groups is 1. The second-order valence-electron chi connectivity index (χ2n) is 7.21. The molecular formula is C20H27F2N3O4. The molecule has 0 saturated carbocycles. The normalized spacial score (nSPS) is 18.0. The summed E-state index contributed by atoms with van der Waals surface area (Å²) in [5.41, 5.74) is 0.766. The third-order valence-corrected chi connectivity index (χ3v) is 5.17. The number of nitrogens with one attached hydrogen (secondary N) is 1. The topological polar surface area (TPSA) is 71.1 Å². The number of carbonyl (C=O) groups is 2. The molecule has 0 unspecified atom stereocenters. The highest BCUT2D eigenvalue weighted by Crippen LogP contribution is 2.21. The van der Waals surface area contributed by atoms with E-state index in [0.29, 0.717) is 58.0 Å². The van der Waals surface area contributed by atoms with Crippen LogP contribution in [0.15, 0.2) is 24.3 Å². The van der Waals surface area contributed by atoms with Crippen LogP contribution in [0.25, 0.3) is 0 Å². The van der Waals surface area contributed by atoms with Gasteiger partial charge in [-0.1, -0.05) is 12.1 Å². The van der Waals surface area contributed by atoms with Gasteiger partial charge in [0.2, 0.25) is 5.91 Å². The molecule has 0 radical (unpaired) electrons. The van der Waals surface area contributed by atoms with Crippen molar-refractivity contribution in [2.75, 3.05) is 46.0 Å². The van der Waals surface area contributed by atoms with Gasteiger partial charge in [0.15, 0.2) is 0 Å². The monoisotopic (exact) mass is 411 g/mol. The molecule has 1 aromatic rings. The average molecular weight is 411 g/mol. The van der Waals surface area contributed by atoms with E-state index in [9.17, 15) is 18.4 Å². The van der Waals surface area contributed by atoms with Crippen LogP contribution in [0.1, 0.15) is 18.4 Å². The van der Waals surface area contributed by atoms with Crippen molar-refractivity contribution in [3.8, 4) is 5.75 Å². The molecule has 160 valence electrons. The van der Waals surface area contributed by atoms with Crippen molar-refractivity contribution in [1.29, 1.82) is 0 Å². The Bertz CT molecular complexity index is 690. The van der Waals surface area contributed by atoms with Gasteiger partial charge in [-0.3, -0.25) is 4.79 Å². The van der Waals surface area contributed by atoms with Crippen molar-refractivity contribution in [2.24, 2.45) is 5.92 Å². The van der Waals surface area contributed by atoms with Crippen molar-refractivity contribution in [3.63, 3.8) is 0 Å². The molecule has 1 N–H and O–H groups in total. The molecule has 9 heteroatoms. The molecule has 3 rings (SSSR count). The van der Waals surface area contributed by atoms with Crippen LogP contribution in [0, 0.1) is 5.92 Å². The molecule has 1 aromatic carbocycles. The molecule has 0 atom stereocenters. The number of amides is 3. The fourth-order valence-corrected chi connectivity index (χ4v) is 3.57. The minimum Gasteiger partial charge on any atom is -0.488 e. The van der Waals surface area contributed by atoms with Gasteiger partial charge in [0.1, 0.15) is 12.4 Å². The largest absolute Gasteiger partial charge is 0.488 e. The zero-order chi connectivity index (χ0) is 20.6. The number of hydrogen-bond donors (Lipinski definition) is 1. The van der Waals surface area contributed by atoms with E-state index < -0.39 is 13.0 Å². The average Bonchev–Trinajstić information content (AvgIpc) is 2.76. The van der Waals surface area contributed by atoms with Crippen LogP contribution in [-0.4, -0.2) is 74.2 Å². The van der Waals surface area contributed by atoms with Gasteiger partial charge >= 0.3 is 6.03 Å². The van der Waals surface area contributed by atoms with E-state index in [1.54, 1.807) is 29.2 Å². The van der Waals surface area contributed by atoms with Crippen LogP contribution < -0.4 is 10.1 Å². The smallest absolute Gasteiger partial charge is 0.317 e. The highest BCUT2D eigenvalue weighted by molar-refractivity contribution is 5.80. The number of hydrogen-bond acceptors (Lipinski definition) is 4. The molecule has 0 aliphatic carbocycles. The molecule has 0 bridgehead atoms. The highest BCUT2D eigenvalue weighted by atomic mass is 19.3. The lowest BCUT2D eigenvalue weighted by molar-refractivity contribution is -0.141. The number of halogens is 2. The van der Waals surface area contributed by atoms with Crippen molar-refractivity contribution in [3.05, 3.63) is 29.8 Å². The zero-order valence-corrected chi connectivity index (χ0v) is 16.3. The molecule has 7 nitrogen and oxygen atoms in total. The Morgan fingerprint density at radius 2 is 1.86 bits per heavy atom. The summed E-state index contributed by atoms with van der Waals surface area (Å²) in [7, 11) is 0. The predicted octanol–water partition coefficient (Wildman–Crippen LogP) is 2.11. The molecule has 2 heterocycles. The molecular weight excluding hydrogens is 384 g/mol. The quantitative estimate of drug-likeness (QED) is 0.779. The predicted molar refractivity (Wildman–Crippen MR) is 102 cm³/mol. The summed E-state index contributed by atoms with van der Waals surface area (Å²) >= 11 is 0. The van der Waals surface area contributed by atoms with Crippen LogP contribution in [0.5, 0.6) is 5.75 Å². The number of morpholine rings is 1. The van der Waals surface area contributed by atoms with Gasteiger partial charge in [-0.15, -0.1) is 0 Å². The molecule has 0 spiro atoms. The molecule has 2 aliphatic rings. The number of nitrogens with zero attached hydrogens (tertiary/aromatic N) is 2. The van der Waals surface area contributed by atoms with Crippen LogP contribution in [0.4, 0.5) is 13.6 Å². The summed E-state index contributed by atoms with van der Waals surface area (Å²) in [6.07, 6.45) is -1.22. The lowest BCUT2D eigenvalue weighted by atomic mass is 9.95. The number of alkyl halides is 2. The molecule has 0 aromatic heterocycles. The number of benzene rings is 1. The summed E-state index contributed by atoms with van der Waals surface area (Å²) in [6.45, 7) is 3.13. The van der Waals surface area contributed by atoms with E-state index in [1.807, 2.05) is 4.90 Å². The van der Waals surface area contributed by atoms with Crippen molar-refractivity contribution < 1.29 is 27.8 Å². The Hall–Kier alpha value is -2.42. The number of piperidine rings is 1. The minimum atomic E-state index is -2.53. The van der Waals surface area contributed by atoms with Gasteiger partial charge < -0.3 is 24.6 Å². The second kappa shape index (κ2) is 10.4. The zero-order valence-electron chi connectivity index (χ0n) is 16.3. The van der Waals surface area contributed by atoms with E-state index in [-0.39, 0.29) is 24.4 Å². The Morgan fingerprint density at radius 1 is 1.14 bits per heavy atom. The van der Waals surface area contributed by atoms with Crippen LogP contribution in [0.2, 0.25) is 0 Å². The number of carbonyl (C=O) groups excluding carboxylic acids is 2. The molecule has 3 amide bonds. The van der Waals surface area contributed by atoms with Gasteiger partial charge in [0.05, 0.1) is 13.2 Å². The van der Waals surface area contributed by atoms with Gasteiger partial charge in [0.25, 0.3) is 6.43 Å². The molecule has 2 fully saturated rings. The maximum Gasteiger partial charge on any atom is 0.317 e. The van der Waals surface area contributed by atoms with Gasteiger partial charge in [-0.2, -0.15) is 0 Å². The molecule has 29 heavy (non-hydrogen) atoms. The van der Waals surface area contributed by atoms with Crippen molar-refractivity contribution in [1.82, 2.24) is 15.1 Å². The number of ether oxygens (including phenoxy) is 2. The SMILES string of the molecule is O=C(NCc1cccc(OCC(F)F)c1)N1CCC(C(=O)N2CCOCC2)CC1. The van der Waals surface area contributed by atoms with Gasteiger partial charge in [-0.25, -0.2) is 13.6 Å². The first-order valence-electron chi connectivity index (χ1n) is 9.92. The van der Waals surface area contributed by atoms with E-state index >= 15 is 0 Å². The summed E-state index contributed by atoms with van der Waals surface area (Å²) in [6, 6.07) is 6.54.